The van der Waals surface area contributed by atoms with Crippen molar-refractivity contribution >= 4 is 23.4 Å². The lowest BCUT2D eigenvalue weighted by Gasteiger charge is -2.08. The summed E-state index contributed by atoms with van der Waals surface area (Å²) in [7, 11) is 0. The van der Waals surface area contributed by atoms with Crippen molar-refractivity contribution in [2.45, 2.75) is 6.92 Å². The Morgan fingerprint density at radius 2 is 2.05 bits per heavy atom. The fourth-order valence-corrected chi connectivity index (χ4v) is 1.46. The van der Waals surface area contributed by atoms with Crippen LogP contribution < -0.4 is 10.6 Å². The number of hydrogen-bond acceptors (Lipinski definition) is 6. The molecule has 0 saturated carbocycles. The van der Waals surface area contributed by atoms with E-state index in [0.29, 0.717) is 23.3 Å². The van der Waals surface area contributed by atoms with Crippen LogP contribution in [0.2, 0.25) is 0 Å². The number of aromatic nitrogens is 3. The van der Waals surface area contributed by atoms with Gasteiger partial charge >= 0.3 is 5.97 Å². The molecule has 0 amide bonds. The third kappa shape index (κ3) is 3.91. The number of hydrogen-bond donors (Lipinski definition) is 3. The zero-order valence-electron chi connectivity index (χ0n) is 10.3. The molecule has 0 unspecified atom stereocenters. The second kappa shape index (κ2) is 5.76. The highest BCUT2D eigenvalue weighted by molar-refractivity contribution is 5.72. The van der Waals surface area contributed by atoms with E-state index in [0.717, 1.165) is 0 Å². The first-order chi connectivity index (χ1) is 9.13. The molecule has 2 aromatic rings. The Balaban J connectivity index is 2.14. The van der Waals surface area contributed by atoms with Crippen molar-refractivity contribution in [1.29, 1.82) is 0 Å². The minimum absolute atomic E-state index is 0.195. The summed E-state index contributed by atoms with van der Waals surface area (Å²) in [5.74, 6) is 1.25. The molecule has 0 aliphatic carbocycles. The van der Waals surface area contributed by atoms with Crippen molar-refractivity contribution in [2.24, 2.45) is 0 Å². The van der Waals surface area contributed by atoms with Crippen LogP contribution in [0.5, 0.6) is 0 Å². The van der Waals surface area contributed by atoms with E-state index in [2.05, 4.69) is 25.6 Å². The lowest BCUT2D eigenvalue weighted by molar-refractivity contribution is -0.134. The van der Waals surface area contributed by atoms with Gasteiger partial charge in [0, 0.05) is 12.3 Å². The van der Waals surface area contributed by atoms with Crippen molar-refractivity contribution in [2.75, 3.05) is 17.2 Å². The van der Waals surface area contributed by atoms with Crippen molar-refractivity contribution in [3.05, 3.63) is 36.3 Å². The third-order valence-electron chi connectivity index (χ3n) is 2.18. The first-order valence-corrected chi connectivity index (χ1v) is 5.63. The molecule has 0 radical (unpaired) electrons. The summed E-state index contributed by atoms with van der Waals surface area (Å²) in [5, 5.41) is 14.3. The number of aryl methyl sites for hydroxylation is 1. The number of aliphatic carboxylic acids is 1. The molecular formula is C12H13N5O2. The number of anilines is 3. The van der Waals surface area contributed by atoms with Gasteiger partial charge in [0.15, 0.2) is 0 Å². The van der Waals surface area contributed by atoms with Crippen molar-refractivity contribution in [3.63, 3.8) is 0 Å². The zero-order valence-corrected chi connectivity index (χ0v) is 10.3. The van der Waals surface area contributed by atoms with Gasteiger partial charge < -0.3 is 15.7 Å². The van der Waals surface area contributed by atoms with Gasteiger partial charge in [-0.05, 0) is 19.1 Å². The van der Waals surface area contributed by atoms with E-state index in [-0.39, 0.29) is 6.54 Å². The fourth-order valence-electron chi connectivity index (χ4n) is 1.46. The molecule has 0 atom stereocenters. The summed E-state index contributed by atoms with van der Waals surface area (Å²) in [4.78, 5) is 22.9. The Morgan fingerprint density at radius 3 is 2.74 bits per heavy atom. The predicted molar refractivity (Wildman–Crippen MR) is 70.4 cm³/mol. The van der Waals surface area contributed by atoms with E-state index in [4.69, 9.17) is 5.11 Å². The van der Waals surface area contributed by atoms with Gasteiger partial charge in [0.05, 0.1) is 0 Å². The second-order valence-electron chi connectivity index (χ2n) is 3.77. The molecule has 2 heterocycles. The quantitative estimate of drug-likeness (QED) is 0.746. The van der Waals surface area contributed by atoms with Crippen LogP contribution >= 0.6 is 0 Å². The average molecular weight is 259 g/mol. The third-order valence-corrected chi connectivity index (χ3v) is 2.18. The molecule has 0 aromatic carbocycles. The predicted octanol–water partition coefficient (Wildman–Crippen LogP) is 1.42. The van der Waals surface area contributed by atoms with Gasteiger partial charge in [-0.1, -0.05) is 6.07 Å². The summed E-state index contributed by atoms with van der Waals surface area (Å²) in [6.07, 6.45) is 1.67. The standard InChI is InChI=1S/C12H13N5O2/c1-8-15-10(14-7-12(18)19)6-11(16-8)17-9-4-2-3-5-13-9/h2-6H,7H2,1H3,(H,18,19)(H2,13,14,15,16,17). The Bertz CT molecular complexity index is 574. The van der Waals surface area contributed by atoms with Gasteiger partial charge in [-0.3, -0.25) is 4.79 Å². The molecular weight excluding hydrogens is 246 g/mol. The number of nitrogens with one attached hydrogen (secondary N) is 2. The van der Waals surface area contributed by atoms with E-state index in [1.54, 1.807) is 19.2 Å². The van der Waals surface area contributed by atoms with Gasteiger partial charge in [0.2, 0.25) is 0 Å². The second-order valence-corrected chi connectivity index (χ2v) is 3.77. The molecule has 2 aromatic heterocycles. The number of carboxylic acids is 1. The normalized spacial score (nSPS) is 9.95. The van der Waals surface area contributed by atoms with Gasteiger partial charge in [-0.2, -0.15) is 0 Å². The van der Waals surface area contributed by atoms with Gasteiger partial charge in [-0.15, -0.1) is 0 Å². The smallest absolute Gasteiger partial charge is 0.322 e. The minimum Gasteiger partial charge on any atom is -0.480 e. The molecule has 7 heteroatoms. The molecule has 2 rings (SSSR count). The van der Waals surface area contributed by atoms with Crippen LogP contribution in [0.3, 0.4) is 0 Å². The van der Waals surface area contributed by atoms with Crippen LogP contribution in [0.15, 0.2) is 30.5 Å². The molecule has 19 heavy (non-hydrogen) atoms. The molecule has 3 N–H and O–H groups in total. The van der Waals surface area contributed by atoms with Crippen LogP contribution in [0.25, 0.3) is 0 Å². The highest BCUT2D eigenvalue weighted by Gasteiger charge is 2.04. The van der Waals surface area contributed by atoms with Crippen LogP contribution in [-0.4, -0.2) is 32.6 Å². The molecule has 98 valence electrons. The largest absolute Gasteiger partial charge is 0.480 e. The van der Waals surface area contributed by atoms with E-state index >= 15 is 0 Å². The van der Waals surface area contributed by atoms with E-state index in [9.17, 15) is 4.79 Å². The summed E-state index contributed by atoms with van der Waals surface area (Å²) < 4.78 is 0. The number of carboxylic acid groups (broad SMARTS) is 1. The monoisotopic (exact) mass is 259 g/mol. The Kier molecular flexibility index (Phi) is 3.87. The molecule has 0 bridgehead atoms. The SMILES string of the molecule is Cc1nc(NCC(=O)O)cc(Nc2ccccn2)n1. The number of pyridine rings is 1. The topological polar surface area (TPSA) is 100 Å². The Morgan fingerprint density at radius 1 is 1.26 bits per heavy atom. The highest BCUT2D eigenvalue weighted by atomic mass is 16.4. The maximum atomic E-state index is 10.5. The fraction of sp³-hybridized carbons (Fsp3) is 0.167. The van der Waals surface area contributed by atoms with Crippen LogP contribution in [0, 0.1) is 6.92 Å². The van der Waals surface area contributed by atoms with E-state index < -0.39 is 5.97 Å². The summed E-state index contributed by atoms with van der Waals surface area (Å²) in [5.41, 5.74) is 0. The maximum Gasteiger partial charge on any atom is 0.322 e. The minimum atomic E-state index is -0.949. The summed E-state index contributed by atoms with van der Waals surface area (Å²) >= 11 is 0. The van der Waals surface area contributed by atoms with Crippen molar-refractivity contribution in [1.82, 2.24) is 15.0 Å². The number of carbonyl (C=O) groups is 1. The van der Waals surface area contributed by atoms with Gasteiger partial charge in [0.25, 0.3) is 0 Å². The average Bonchev–Trinajstić information content (AvgIpc) is 2.37. The van der Waals surface area contributed by atoms with E-state index in [1.165, 1.54) is 0 Å². The van der Waals surface area contributed by atoms with Crippen LogP contribution in [-0.2, 0) is 4.79 Å². The lowest BCUT2D eigenvalue weighted by atomic mass is 10.4. The zero-order chi connectivity index (χ0) is 13.7. The van der Waals surface area contributed by atoms with Gasteiger partial charge in [0.1, 0.15) is 29.8 Å². The Hall–Kier alpha value is -2.70. The van der Waals surface area contributed by atoms with Gasteiger partial charge in [-0.25, -0.2) is 15.0 Å². The van der Waals surface area contributed by atoms with Crippen LogP contribution in [0.4, 0.5) is 17.5 Å². The Labute approximate surface area is 109 Å². The molecule has 0 saturated heterocycles. The van der Waals surface area contributed by atoms with Crippen LogP contribution in [0.1, 0.15) is 5.82 Å². The van der Waals surface area contributed by atoms with E-state index in [1.807, 2.05) is 18.2 Å². The molecule has 0 aliphatic heterocycles. The highest BCUT2D eigenvalue weighted by Crippen LogP contribution is 2.15. The summed E-state index contributed by atoms with van der Waals surface area (Å²) in [6, 6.07) is 7.11. The first-order valence-electron chi connectivity index (χ1n) is 5.63. The maximum absolute atomic E-state index is 10.5. The number of rotatable bonds is 5. The molecule has 0 fully saturated rings. The lowest BCUT2D eigenvalue weighted by Crippen LogP contribution is -2.14. The first kappa shape index (κ1) is 12.7. The summed E-state index contributed by atoms with van der Waals surface area (Å²) in [6.45, 7) is 1.54. The molecule has 7 nitrogen and oxygen atoms in total. The van der Waals surface area contributed by atoms with Crippen molar-refractivity contribution in [3.8, 4) is 0 Å². The molecule has 0 aliphatic rings. The molecule has 0 spiro atoms. The number of nitrogens with zero attached hydrogens (tertiary/aromatic N) is 3. The van der Waals surface area contributed by atoms with Crippen molar-refractivity contribution < 1.29 is 9.90 Å².